The average Bonchev–Trinajstić information content (AvgIpc) is 2.14. The fourth-order valence-corrected chi connectivity index (χ4v) is 1.34. The molecule has 1 aromatic carbocycles. The summed E-state index contributed by atoms with van der Waals surface area (Å²) < 4.78 is 0. The number of hydrogen-bond acceptors (Lipinski definition) is 3. The summed E-state index contributed by atoms with van der Waals surface area (Å²) in [5.41, 5.74) is 3.43. The number of nitrogens with zero attached hydrogens (tertiary/aromatic N) is 1. The maximum atomic E-state index is 9.75. The zero-order chi connectivity index (χ0) is 9.68. The van der Waals surface area contributed by atoms with E-state index >= 15 is 0 Å². The topological polar surface area (TPSA) is 38.7 Å². The second-order valence-corrected chi connectivity index (χ2v) is 3.03. The Labute approximate surface area is 77.7 Å². The van der Waals surface area contributed by atoms with Crippen LogP contribution in [0.5, 0.6) is 0 Å². The standard InChI is InChI=1S/C10H13NO2/c1-3-9-4-8(2)5-10(6-9)7-13-11-12/h4-6H,3,7H2,1-2H3. The molecule has 0 bridgehead atoms. The van der Waals surface area contributed by atoms with Crippen molar-refractivity contribution in [3.05, 3.63) is 39.8 Å². The molecule has 0 aliphatic carbocycles. The summed E-state index contributed by atoms with van der Waals surface area (Å²) in [6.07, 6.45) is 0.989. The van der Waals surface area contributed by atoms with Crippen LogP contribution in [0.4, 0.5) is 0 Å². The van der Waals surface area contributed by atoms with Gasteiger partial charge in [0.1, 0.15) is 6.61 Å². The van der Waals surface area contributed by atoms with E-state index in [4.69, 9.17) is 0 Å². The molecule has 0 amide bonds. The Morgan fingerprint density at radius 3 is 2.62 bits per heavy atom. The van der Waals surface area contributed by atoms with Gasteiger partial charge in [-0.15, -0.1) is 4.91 Å². The summed E-state index contributed by atoms with van der Waals surface area (Å²) in [6.45, 7) is 4.38. The van der Waals surface area contributed by atoms with Crippen molar-refractivity contribution < 1.29 is 4.84 Å². The van der Waals surface area contributed by atoms with Gasteiger partial charge in [-0.2, -0.15) is 0 Å². The van der Waals surface area contributed by atoms with E-state index in [-0.39, 0.29) is 6.61 Å². The molecule has 0 fully saturated rings. The first-order valence-electron chi connectivity index (χ1n) is 4.30. The number of hydrogen-bond donors (Lipinski definition) is 0. The van der Waals surface area contributed by atoms with Crippen molar-refractivity contribution in [2.75, 3.05) is 0 Å². The Morgan fingerprint density at radius 2 is 2.00 bits per heavy atom. The fraction of sp³-hybridized carbons (Fsp3) is 0.400. The van der Waals surface area contributed by atoms with Crippen molar-refractivity contribution in [2.45, 2.75) is 26.9 Å². The van der Waals surface area contributed by atoms with Crippen LogP contribution in [0, 0.1) is 11.8 Å². The maximum absolute atomic E-state index is 9.75. The summed E-state index contributed by atoms with van der Waals surface area (Å²) in [6, 6.07) is 6.14. The molecule has 0 N–H and O–H groups in total. The lowest BCUT2D eigenvalue weighted by Crippen LogP contribution is -1.90. The monoisotopic (exact) mass is 179 g/mol. The highest BCUT2D eigenvalue weighted by molar-refractivity contribution is 5.28. The van der Waals surface area contributed by atoms with E-state index in [0.717, 1.165) is 12.0 Å². The van der Waals surface area contributed by atoms with Gasteiger partial charge < -0.3 is 4.84 Å². The number of benzene rings is 1. The molecule has 1 aromatic rings. The third-order valence-corrected chi connectivity index (χ3v) is 1.89. The highest BCUT2D eigenvalue weighted by Crippen LogP contribution is 2.11. The molecule has 0 aliphatic rings. The van der Waals surface area contributed by atoms with Crippen LogP contribution in [0.25, 0.3) is 0 Å². The van der Waals surface area contributed by atoms with E-state index in [1.54, 1.807) is 0 Å². The van der Waals surface area contributed by atoms with E-state index < -0.39 is 0 Å². The summed E-state index contributed by atoms with van der Waals surface area (Å²) in [4.78, 5) is 14.2. The van der Waals surface area contributed by atoms with Crippen LogP contribution in [0.2, 0.25) is 0 Å². The molecule has 0 unspecified atom stereocenters. The predicted molar refractivity (Wildman–Crippen MR) is 51.1 cm³/mol. The number of aryl methyl sites for hydroxylation is 2. The summed E-state index contributed by atoms with van der Waals surface area (Å²) in [5, 5.41) is 2.37. The molecule has 0 spiro atoms. The van der Waals surface area contributed by atoms with Gasteiger partial charge in [0.2, 0.25) is 0 Å². The molecule has 0 saturated heterocycles. The molecule has 0 radical (unpaired) electrons. The molecular formula is C10H13NO2. The van der Waals surface area contributed by atoms with Gasteiger partial charge in [0.05, 0.1) is 0 Å². The van der Waals surface area contributed by atoms with Gasteiger partial charge in [0, 0.05) is 0 Å². The van der Waals surface area contributed by atoms with E-state index in [2.05, 4.69) is 23.2 Å². The summed E-state index contributed by atoms with van der Waals surface area (Å²) in [7, 11) is 0. The van der Waals surface area contributed by atoms with Crippen molar-refractivity contribution in [1.29, 1.82) is 0 Å². The van der Waals surface area contributed by atoms with Crippen molar-refractivity contribution in [3.63, 3.8) is 0 Å². The van der Waals surface area contributed by atoms with Gasteiger partial charge in [-0.1, -0.05) is 30.7 Å². The number of rotatable bonds is 4. The predicted octanol–water partition coefficient (Wildman–Crippen LogP) is 2.76. The largest absolute Gasteiger partial charge is 0.359 e. The van der Waals surface area contributed by atoms with Gasteiger partial charge in [0.15, 0.2) is 5.34 Å². The second kappa shape index (κ2) is 4.60. The van der Waals surface area contributed by atoms with Crippen molar-refractivity contribution in [3.8, 4) is 0 Å². The molecule has 1 rings (SSSR count). The van der Waals surface area contributed by atoms with Gasteiger partial charge in [-0.25, -0.2) is 0 Å². The molecule has 3 nitrogen and oxygen atoms in total. The quantitative estimate of drug-likeness (QED) is 0.526. The lowest BCUT2D eigenvalue weighted by atomic mass is 10.1. The minimum Gasteiger partial charge on any atom is -0.359 e. The molecular weight excluding hydrogens is 166 g/mol. The third-order valence-electron chi connectivity index (χ3n) is 1.89. The van der Waals surface area contributed by atoms with Gasteiger partial charge in [-0.3, -0.25) is 0 Å². The molecule has 0 heterocycles. The van der Waals surface area contributed by atoms with E-state index in [1.165, 1.54) is 11.1 Å². The molecule has 70 valence electrons. The van der Waals surface area contributed by atoms with E-state index in [1.807, 2.05) is 19.1 Å². The summed E-state index contributed by atoms with van der Waals surface area (Å²) in [5.74, 6) is 0. The Hall–Kier alpha value is -1.38. The van der Waals surface area contributed by atoms with Crippen molar-refractivity contribution in [1.82, 2.24) is 0 Å². The fourth-order valence-electron chi connectivity index (χ4n) is 1.34. The molecule has 13 heavy (non-hydrogen) atoms. The van der Waals surface area contributed by atoms with Crippen LogP contribution in [-0.4, -0.2) is 0 Å². The van der Waals surface area contributed by atoms with Gasteiger partial charge in [0.25, 0.3) is 0 Å². The highest BCUT2D eigenvalue weighted by Gasteiger charge is 1.97. The minimum absolute atomic E-state index is 0.262. The second-order valence-electron chi connectivity index (χ2n) is 3.03. The average molecular weight is 179 g/mol. The molecule has 0 saturated carbocycles. The first-order valence-corrected chi connectivity index (χ1v) is 4.30. The molecule has 3 heteroatoms. The van der Waals surface area contributed by atoms with Crippen molar-refractivity contribution in [2.24, 2.45) is 5.34 Å². The first kappa shape index (κ1) is 9.71. The first-order chi connectivity index (χ1) is 6.26. The summed E-state index contributed by atoms with van der Waals surface area (Å²) >= 11 is 0. The lowest BCUT2D eigenvalue weighted by molar-refractivity contribution is 0.126. The van der Waals surface area contributed by atoms with Crippen LogP contribution in [0.15, 0.2) is 23.5 Å². The van der Waals surface area contributed by atoms with Crippen LogP contribution in [0.1, 0.15) is 23.6 Å². The zero-order valence-electron chi connectivity index (χ0n) is 7.91. The Bertz CT molecular complexity index is 297. The Morgan fingerprint density at radius 1 is 1.31 bits per heavy atom. The van der Waals surface area contributed by atoms with Crippen molar-refractivity contribution >= 4 is 0 Å². The SMILES string of the molecule is CCc1cc(C)cc(CON=O)c1. The van der Waals surface area contributed by atoms with Crippen LogP contribution < -0.4 is 0 Å². The molecule has 0 aromatic heterocycles. The minimum atomic E-state index is 0.262. The van der Waals surface area contributed by atoms with E-state index in [0.29, 0.717) is 0 Å². The molecule has 0 aliphatic heterocycles. The van der Waals surface area contributed by atoms with Gasteiger partial charge in [-0.05, 0) is 24.5 Å². The lowest BCUT2D eigenvalue weighted by Gasteiger charge is -2.03. The zero-order valence-corrected chi connectivity index (χ0v) is 7.91. The van der Waals surface area contributed by atoms with E-state index in [9.17, 15) is 4.91 Å². The third kappa shape index (κ3) is 2.86. The maximum Gasteiger partial charge on any atom is 0.155 e. The molecule has 0 atom stereocenters. The van der Waals surface area contributed by atoms with Crippen LogP contribution in [-0.2, 0) is 17.9 Å². The Kier molecular flexibility index (Phi) is 3.43. The van der Waals surface area contributed by atoms with Crippen LogP contribution >= 0.6 is 0 Å². The Balaban J connectivity index is 2.81. The van der Waals surface area contributed by atoms with Crippen LogP contribution in [0.3, 0.4) is 0 Å². The van der Waals surface area contributed by atoms with Gasteiger partial charge >= 0.3 is 0 Å². The normalized spacial score (nSPS) is 9.69. The highest BCUT2D eigenvalue weighted by atomic mass is 16.7. The smallest absolute Gasteiger partial charge is 0.155 e.